The maximum atomic E-state index is 13.2. The summed E-state index contributed by atoms with van der Waals surface area (Å²) in [5, 5.41) is 3.24. The molecule has 4 nitrogen and oxygen atoms in total. The van der Waals surface area contributed by atoms with Crippen LogP contribution in [0.25, 0.3) is 0 Å². The molecule has 2 rings (SSSR count). The smallest absolute Gasteiger partial charge is 0.307 e. The fraction of sp³-hybridized carbons (Fsp3) is 0.462. The maximum absolute atomic E-state index is 13.2. The number of benzene rings is 1. The highest BCUT2D eigenvalue weighted by Crippen LogP contribution is 2.21. The summed E-state index contributed by atoms with van der Waals surface area (Å²) in [5.41, 5.74) is 0.811. The van der Waals surface area contributed by atoms with E-state index >= 15 is 0 Å². The number of anilines is 1. The minimum absolute atomic E-state index is 0.00741. The highest BCUT2D eigenvalue weighted by atomic mass is 19.1. The zero-order chi connectivity index (χ0) is 13.0. The number of carbonyl (C=O) groups excluding carboxylic acids is 1. The topological polar surface area (TPSA) is 41.6 Å². The van der Waals surface area contributed by atoms with Gasteiger partial charge in [-0.15, -0.1) is 0 Å². The van der Waals surface area contributed by atoms with Crippen molar-refractivity contribution in [3.8, 4) is 0 Å². The van der Waals surface area contributed by atoms with Crippen LogP contribution in [0.3, 0.4) is 0 Å². The summed E-state index contributed by atoms with van der Waals surface area (Å²) in [6.45, 7) is 2.28. The Morgan fingerprint density at radius 3 is 3.17 bits per heavy atom. The Morgan fingerprint density at radius 2 is 2.44 bits per heavy atom. The number of rotatable bonds is 3. The molecule has 5 heteroatoms. The Kier molecular flexibility index (Phi) is 4.15. The van der Waals surface area contributed by atoms with E-state index in [-0.39, 0.29) is 17.8 Å². The van der Waals surface area contributed by atoms with Crippen molar-refractivity contribution in [3.63, 3.8) is 0 Å². The van der Waals surface area contributed by atoms with Crippen LogP contribution in [0.5, 0.6) is 0 Å². The second kappa shape index (κ2) is 5.82. The molecule has 1 unspecified atom stereocenters. The predicted octanol–water partition coefficient (Wildman–Crippen LogP) is 1.17. The van der Waals surface area contributed by atoms with E-state index in [4.69, 9.17) is 4.74 Å². The number of methoxy groups -OCH3 is 1. The normalized spacial score (nSPS) is 19.7. The van der Waals surface area contributed by atoms with Crippen LogP contribution >= 0.6 is 0 Å². The molecule has 1 aromatic rings. The zero-order valence-electron chi connectivity index (χ0n) is 10.4. The Balaban J connectivity index is 2.14. The zero-order valence-corrected chi connectivity index (χ0v) is 10.4. The molecule has 1 atom stereocenters. The van der Waals surface area contributed by atoms with Crippen molar-refractivity contribution < 1.29 is 13.9 Å². The first-order valence-corrected chi connectivity index (χ1v) is 6.00. The summed E-state index contributed by atoms with van der Waals surface area (Å²) in [4.78, 5) is 13.4. The first-order valence-electron chi connectivity index (χ1n) is 6.00. The van der Waals surface area contributed by atoms with E-state index in [0.717, 1.165) is 18.8 Å². The number of nitrogens with one attached hydrogen (secondary N) is 1. The summed E-state index contributed by atoms with van der Waals surface area (Å²) < 4.78 is 17.9. The standard InChI is InChI=1S/C13H17FN2O2/c1-18-13(17)8-12-9-15-5-6-16(12)11-4-2-3-10(14)7-11/h2-4,7,12,15H,5-6,8-9H2,1H3. The second-order valence-corrected chi connectivity index (χ2v) is 4.31. The molecule has 18 heavy (non-hydrogen) atoms. The van der Waals surface area contributed by atoms with Crippen molar-refractivity contribution in [2.75, 3.05) is 31.6 Å². The van der Waals surface area contributed by atoms with Gasteiger partial charge < -0.3 is 15.0 Å². The molecule has 0 aromatic heterocycles. The third kappa shape index (κ3) is 2.98. The predicted molar refractivity (Wildman–Crippen MR) is 67.0 cm³/mol. The molecule has 1 aromatic carbocycles. The van der Waals surface area contributed by atoms with E-state index in [0.29, 0.717) is 13.0 Å². The van der Waals surface area contributed by atoms with E-state index in [1.54, 1.807) is 6.07 Å². The van der Waals surface area contributed by atoms with Gasteiger partial charge in [0.2, 0.25) is 0 Å². The lowest BCUT2D eigenvalue weighted by Gasteiger charge is -2.37. The molecule has 1 heterocycles. The van der Waals surface area contributed by atoms with Gasteiger partial charge in [-0.2, -0.15) is 0 Å². The van der Waals surface area contributed by atoms with Crippen LogP contribution < -0.4 is 10.2 Å². The van der Waals surface area contributed by atoms with Crippen LogP contribution in [-0.4, -0.2) is 38.8 Å². The molecule has 0 amide bonds. The molecule has 0 bridgehead atoms. The first kappa shape index (κ1) is 12.8. The SMILES string of the molecule is COC(=O)CC1CNCCN1c1cccc(F)c1. The molecular weight excluding hydrogens is 235 g/mol. The van der Waals surface area contributed by atoms with Crippen LogP contribution in [-0.2, 0) is 9.53 Å². The fourth-order valence-corrected chi connectivity index (χ4v) is 2.21. The van der Waals surface area contributed by atoms with Gasteiger partial charge in [-0.1, -0.05) is 6.07 Å². The van der Waals surface area contributed by atoms with Crippen molar-refractivity contribution in [3.05, 3.63) is 30.1 Å². The number of ether oxygens (including phenoxy) is 1. The van der Waals surface area contributed by atoms with Crippen LogP contribution in [0.4, 0.5) is 10.1 Å². The van der Waals surface area contributed by atoms with E-state index in [9.17, 15) is 9.18 Å². The van der Waals surface area contributed by atoms with Gasteiger partial charge in [-0.05, 0) is 18.2 Å². The van der Waals surface area contributed by atoms with Gasteiger partial charge in [-0.25, -0.2) is 4.39 Å². The van der Waals surface area contributed by atoms with Crippen molar-refractivity contribution in [2.24, 2.45) is 0 Å². The van der Waals surface area contributed by atoms with Crippen LogP contribution in [0.15, 0.2) is 24.3 Å². The molecule has 1 aliphatic heterocycles. The molecule has 1 aliphatic rings. The number of piperazine rings is 1. The molecule has 0 aliphatic carbocycles. The average molecular weight is 252 g/mol. The number of carbonyl (C=O) groups is 1. The van der Waals surface area contributed by atoms with E-state index in [1.165, 1.54) is 19.2 Å². The molecule has 98 valence electrons. The molecular formula is C13H17FN2O2. The maximum Gasteiger partial charge on any atom is 0.307 e. The monoisotopic (exact) mass is 252 g/mol. The van der Waals surface area contributed by atoms with Crippen molar-refractivity contribution in [2.45, 2.75) is 12.5 Å². The van der Waals surface area contributed by atoms with Gasteiger partial charge in [0, 0.05) is 25.3 Å². The lowest BCUT2D eigenvalue weighted by Crippen LogP contribution is -2.52. The highest BCUT2D eigenvalue weighted by Gasteiger charge is 2.25. The summed E-state index contributed by atoms with van der Waals surface area (Å²) in [6, 6.07) is 6.46. The lowest BCUT2D eigenvalue weighted by molar-refractivity contribution is -0.141. The Morgan fingerprint density at radius 1 is 1.61 bits per heavy atom. The molecule has 1 N–H and O–H groups in total. The van der Waals surface area contributed by atoms with Gasteiger partial charge in [0.15, 0.2) is 0 Å². The van der Waals surface area contributed by atoms with Crippen LogP contribution in [0.2, 0.25) is 0 Å². The quantitative estimate of drug-likeness (QED) is 0.820. The van der Waals surface area contributed by atoms with Gasteiger partial charge in [0.1, 0.15) is 5.82 Å². The van der Waals surface area contributed by atoms with Gasteiger partial charge in [0.25, 0.3) is 0 Å². The summed E-state index contributed by atoms with van der Waals surface area (Å²) in [7, 11) is 1.38. The third-order valence-corrected chi connectivity index (χ3v) is 3.12. The number of hydrogen-bond donors (Lipinski definition) is 1. The Labute approximate surface area is 106 Å². The van der Waals surface area contributed by atoms with Gasteiger partial charge >= 0.3 is 5.97 Å². The van der Waals surface area contributed by atoms with Crippen LogP contribution in [0.1, 0.15) is 6.42 Å². The molecule has 1 fully saturated rings. The Bertz CT molecular complexity index is 425. The molecule has 1 saturated heterocycles. The third-order valence-electron chi connectivity index (χ3n) is 3.12. The van der Waals surface area contributed by atoms with Crippen molar-refractivity contribution in [1.29, 1.82) is 0 Å². The number of halogens is 1. The molecule has 0 radical (unpaired) electrons. The minimum atomic E-state index is -0.261. The van der Waals surface area contributed by atoms with Crippen LogP contribution in [0, 0.1) is 5.82 Å². The first-order chi connectivity index (χ1) is 8.70. The fourth-order valence-electron chi connectivity index (χ4n) is 2.21. The van der Waals surface area contributed by atoms with E-state index in [2.05, 4.69) is 10.2 Å². The van der Waals surface area contributed by atoms with Crippen molar-refractivity contribution >= 4 is 11.7 Å². The average Bonchev–Trinajstić information content (AvgIpc) is 2.39. The largest absolute Gasteiger partial charge is 0.469 e. The Hall–Kier alpha value is -1.62. The number of esters is 1. The van der Waals surface area contributed by atoms with Gasteiger partial charge in [-0.3, -0.25) is 4.79 Å². The second-order valence-electron chi connectivity index (χ2n) is 4.31. The number of hydrogen-bond acceptors (Lipinski definition) is 4. The highest BCUT2D eigenvalue weighted by molar-refractivity contribution is 5.71. The molecule has 0 saturated carbocycles. The summed E-state index contributed by atoms with van der Waals surface area (Å²) in [5.74, 6) is -0.507. The number of nitrogens with zero attached hydrogens (tertiary/aromatic N) is 1. The van der Waals surface area contributed by atoms with Crippen molar-refractivity contribution in [1.82, 2.24) is 5.32 Å². The lowest BCUT2D eigenvalue weighted by atomic mass is 10.1. The van der Waals surface area contributed by atoms with Gasteiger partial charge in [0.05, 0.1) is 19.6 Å². The molecule has 0 spiro atoms. The summed E-state index contributed by atoms with van der Waals surface area (Å²) in [6.07, 6.45) is 0.306. The summed E-state index contributed by atoms with van der Waals surface area (Å²) >= 11 is 0. The van der Waals surface area contributed by atoms with E-state index < -0.39 is 0 Å². The minimum Gasteiger partial charge on any atom is -0.469 e. The van der Waals surface area contributed by atoms with E-state index in [1.807, 2.05) is 6.07 Å².